The van der Waals surface area contributed by atoms with Crippen molar-refractivity contribution < 1.29 is 33.1 Å². The Morgan fingerprint density at radius 2 is 1.84 bits per heavy atom. The van der Waals surface area contributed by atoms with E-state index < -0.39 is 49.2 Å². The third kappa shape index (κ3) is 3.03. The van der Waals surface area contributed by atoms with Gasteiger partial charge in [0.2, 0.25) is 0 Å². The fraction of sp³-hybridized carbons (Fsp3) is 0.750. The minimum atomic E-state index is -3.55. The van der Waals surface area contributed by atoms with E-state index in [-0.39, 0.29) is 0 Å². The van der Waals surface area contributed by atoms with Crippen molar-refractivity contribution in [3.8, 4) is 0 Å². The molecule has 6 unspecified atom stereocenters. The highest BCUT2D eigenvalue weighted by Crippen LogP contribution is 2.60. The van der Waals surface area contributed by atoms with Crippen molar-refractivity contribution in [2.75, 3.05) is 6.61 Å². The molecule has 1 aromatic heterocycles. The van der Waals surface area contributed by atoms with Crippen molar-refractivity contribution in [3.05, 3.63) is 17.5 Å². The van der Waals surface area contributed by atoms with Crippen molar-refractivity contribution >= 4 is 23.3 Å². The lowest BCUT2D eigenvalue weighted by atomic mass is 10.0. The first kappa shape index (κ1) is 18.1. The first-order chi connectivity index (χ1) is 11.6. The van der Waals surface area contributed by atoms with Crippen LogP contribution < -0.4 is 4.62 Å². The number of hydrogen-bond donors (Lipinski definition) is 1. The van der Waals surface area contributed by atoms with Crippen LogP contribution in [0.25, 0.3) is 0 Å². The molecule has 6 atom stereocenters. The molecule has 3 saturated heterocycles. The van der Waals surface area contributed by atoms with Crippen LogP contribution in [0.15, 0.2) is 17.5 Å². The van der Waals surface area contributed by atoms with E-state index in [2.05, 4.69) is 0 Å². The van der Waals surface area contributed by atoms with Crippen LogP contribution in [0.2, 0.25) is 0 Å². The highest BCUT2D eigenvalue weighted by molar-refractivity contribution is 7.73. The van der Waals surface area contributed by atoms with Crippen molar-refractivity contribution in [2.24, 2.45) is 0 Å². The Hall–Kier alpha value is -0.310. The van der Waals surface area contributed by atoms with E-state index >= 15 is 0 Å². The SMILES string of the molecule is CC1(C)OCC(C2OP(=O)(c3cccs3)C(O)C3OC(C)(C)OC23)O1. The average Bonchev–Trinajstić information content (AvgIpc) is 3.21. The van der Waals surface area contributed by atoms with Crippen LogP contribution in [-0.2, 0) is 28.0 Å². The Kier molecular flexibility index (Phi) is 4.22. The number of hydrogen-bond acceptors (Lipinski definition) is 8. The first-order valence-electron chi connectivity index (χ1n) is 8.29. The zero-order chi connectivity index (χ0) is 18.0. The first-order valence-corrected chi connectivity index (χ1v) is 10.9. The quantitative estimate of drug-likeness (QED) is 0.774. The van der Waals surface area contributed by atoms with E-state index in [0.717, 1.165) is 0 Å². The van der Waals surface area contributed by atoms with Gasteiger partial charge in [-0.15, -0.1) is 11.3 Å². The topological polar surface area (TPSA) is 83.5 Å². The fourth-order valence-corrected chi connectivity index (χ4v) is 7.28. The number of aliphatic hydroxyl groups is 1. The van der Waals surface area contributed by atoms with Crippen LogP contribution in [0.1, 0.15) is 27.7 Å². The highest BCUT2D eigenvalue weighted by Gasteiger charge is 2.62. The summed E-state index contributed by atoms with van der Waals surface area (Å²) >= 11 is 1.29. The molecule has 0 aliphatic carbocycles. The molecular formula is C16H23O7PS. The lowest BCUT2D eigenvalue weighted by Gasteiger charge is -2.41. The third-order valence-corrected chi connectivity index (χ3v) is 8.68. The molecule has 1 N–H and O–H groups in total. The van der Waals surface area contributed by atoms with Gasteiger partial charge in [0, 0.05) is 0 Å². The van der Waals surface area contributed by atoms with E-state index in [0.29, 0.717) is 11.2 Å². The molecule has 25 heavy (non-hydrogen) atoms. The molecule has 0 spiro atoms. The molecule has 3 aliphatic rings. The molecule has 4 heterocycles. The second kappa shape index (κ2) is 5.84. The molecule has 4 rings (SSSR count). The van der Waals surface area contributed by atoms with Crippen LogP contribution in [0.3, 0.4) is 0 Å². The van der Waals surface area contributed by atoms with E-state index in [1.54, 1.807) is 31.4 Å². The molecule has 140 valence electrons. The molecular weight excluding hydrogens is 367 g/mol. The van der Waals surface area contributed by atoms with E-state index in [1.165, 1.54) is 11.3 Å². The van der Waals surface area contributed by atoms with Gasteiger partial charge in [-0.3, -0.25) is 4.57 Å². The Balaban J connectivity index is 1.71. The number of ether oxygens (including phenoxy) is 4. The summed E-state index contributed by atoms with van der Waals surface area (Å²) in [7, 11) is -3.55. The number of aliphatic hydroxyl groups excluding tert-OH is 1. The Bertz CT molecular complexity index is 689. The molecule has 7 nitrogen and oxygen atoms in total. The number of rotatable bonds is 2. The van der Waals surface area contributed by atoms with Gasteiger partial charge in [-0.05, 0) is 39.1 Å². The predicted molar refractivity (Wildman–Crippen MR) is 91.2 cm³/mol. The Labute approximate surface area is 150 Å². The summed E-state index contributed by atoms with van der Waals surface area (Å²) < 4.78 is 43.6. The Morgan fingerprint density at radius 1 is 1.12 bits per heavy atom. The lowest BCUT2D eigenvalue weighted by molar-refractivity contribution is -0.174. The highest BCUT2D eigenvalue weighted by atomic mass is 32.1. The molecule has 1 aromatic rings. The smallest absolute Gasteiger partial charge is 0.272 e. The van der Waals surface area contributed by atoms with Gasteiger partial charge in [0.25, 0.3) is 7.37 Å². The van der Waals surface area contributed by atoms with Crippen LogP contribution in [0.5, 0.6) is 0 Å². The predicted octanol–water partition coefficient (Wildman–Crippen LogP) is 2.04. The second-order valence-electron chi connectivity index (χ2n) is 7.46. The zero-order valence-corrected chi connectivity index (χ0v) is 16.3. The second-order valence-corrected chi connectivity index (χ2v) is 11.1. The summed E-state index contributed by atoms with van der Waals surface area (Å²) in [5.41, 5.74) is 0. The monoisotopic (exact) mass is 390 g/mol. The van der Waals surface area contributed by atoms with Gasteiger partial charge in [-0.2, -0.15) is 0 Å². The largest absolute Gasteiger partial charge is 0.380 e. The maximum absolute atomic E-state index is 13.6. The normalized spacial score (nSPS) is 45.4. The van der Waals surface area contributed by atoms with Crippen molar-refractivity contribution in [2.45, 2.75) is 69.5 Å². The van der Waals surface area contributed by atoms with Crippen LogP contribution in [0, 0.1) is 0 Å². The van der Waals surface area contributed by atoms with Crippen LogP contribution >= 0.6 is 18.7 Å². The summed E-state index contributed by atoms with van der Waals surface area (Å²) in [6, 6.07) is 3.49. The van der Waals surface area contributed by atoms with Crippen molar-refractivity contribution in [1.29, 1.82) is 0 Å². The van der Waals surface area contributed by atoms with Gasteiger partial charge in [0.05, 0.1) is 11.2 Å². The average molecular weight is 390 g/mol. The minimum absolute atomic E-state index is 0.297. The molecule has 3 fully saturated rings. The van der Waals surface area contributed by atoms with Gasteiger partial charge < -0.3 is 28.6 Å². The van der Waals surface area contributed by atoms with Crippen molar-refractivity contribution in [1.82, 2.24) is 0 Å². The molecule has 0 bridgehead atoms. The van der Waals surface area contributed by atoms with E-state index in [1.807, 2.05) is 13.8 Å². The molecule has 0 saturated carbocycles. The van der Waals surface area contributed by atoms with Crippen LogP contribution in [0.4, 0.5) is 0 Å². The summed E-state index contributed by atoms with van der Waals surface area (Å²) in [5, 5.41) is 12.6. The molecule has 0 radical (unpaired) electrons. The standard InChI is InChI=1S/C16H23O7PS/c1-15(2)19-8-9(20-15)11-12-13(22-16(3,4)21-12)14(17)24(18,23-11)10-6-5-7-25-10/h5-7,9,11-14,17H,8H2,1-4H3. The molecule has 0 amide bonds. The Morgan fingerprint density at radius 3 is 2.44 bits per heavy atom. The summed E-state index contributed by atoms with van der Waals surface area (Å²) in [6.07, 6.45) is -2.46. The number of fused-ring (bicyclic) bond motifs is 1. The summed E-state index contributed by atoms with van der Waals surface area (Å²) in [4.78, 5) is 0. The van der Waals surface area contributed by atoms with Crippen molar-refractivity contribution in [3.63, 3.8) is 0 Å². The lowest BCUT2D eigenvalue weighted by Crippen LogP contribution is -2.54. The summed E-state index contributed by atoms with van der Waals surface area (Å²) in [6.45, 7) is 7.46. The molecule has 9 heteroatoms. The van der Waals surface area contributed by atoms with Gasteiger partial charge in [0.15, 0.2) is 17.4 Å². The fourth-order valence-electron chi connectivity index (χ4n) is 3.58. The maximum Gasteiger partial charge on any atom is 0.272 e. The van der Waals surface area contributed by atoms with E-state index in [4.69, 9.17) is 23.5 Å². The number of thiophene rings is 1. The summed E-state index contributed by atoms with van der Waals surface area (Å²) in [5.74, 6) is -2.94. The van der Waals surface area contributed by atoms with Gasteiger partial charge in [-0.25, -0.2) is 0 Å². The molecule has 0 aromatic carbocycles. The third-order valence-electron chi connectivity index (χ3n) is 4.62. The maximum atomic E-state index is 13.6. The van der Waals surface area contributed by atoms with Crippen LogP contribution in [-0.4, -0.2) is 53.5 Å². The molecule has 3 aliphatic heterocycles. The van der Waals surface area contributed by atoms with E-state index in [9.17, 15) is 9.67 Å². The van der Waals surface area contributed by atoms with Gasteiger partial charge in [-0.1, -0.05) is 6.07 Å². The van der Waals surface area contributed by atoms with Gasteiger partial charge in [0.1, 0.15) is 24.4 Å². The van der Waals surface area contributed by atoms with Gasteiger partial charge >= 0.3 is 0 Å². The zero-order valence-electron chi connectivity index (χ0n) is 14.6. The minimum Gasteiger partial charge on any atom is -0.380 e.